The van der Waals surface area contributed by atoms with Gasteiger partial charge in [-0.05, 0) is 40.2 Å². The number of halogens is 2. The molecule has 0 heterocycles. The molecule has 0 saturated heterocycles. The fourth-order valence-electron chi connectivity index (χ4n) is 1.42. The van der Waals surface area contributed by atoms with Crippen molar-refractivity contribution in [2.45, 2.75) is 0 Å². The Labute approximate surface area is 111 Å². The summed E-state index contributed by atoms with van der Waals surface area (Å²) in [5.41, 5.74) is -0.217. The summed E-state index contributed by atoms with van der Waals surface area (Å²) in [6.07, 6.45) is 0. The molecule has 0 aliphatic heterocycles. The molecule has 5 heteroatoms. The van der Waals surface area contributed by atoms with Gasteiger partial charge in [0, 0.05) is 0 Å². The third-order valence-electron chi connectivity index (χ3n) is 2.25. The van der Waals surface area contributed by atoms with Crippen molar-refractivity contribution >= 4 is 21.9 Å². The standard InChI is InChI=1S/C13H8BrFO3/c14-9-5-1-2-7-11(9)18-12-8(13(16)17)4-3-6-10(12)15/h1-7H,(H,16,17). The van der Waals surface area contributed by atoms with Crippen LogP contribution in [-0.2, 0) is 0 Å². The first-order chi connectivity index (χ1) is 8.59. The molecule has 0 aromatic heterocycles. The van der Waals surface area contributed by atoms with E-state index in [0.29, 0.717) is 10.2 Å². The van der Waals surface area contributed by atoms with Gasteiger partial charge in [0.2, 0.25) is 0 Å². The molecule has 18 heavy (non-hydrogen) atoms. The molecule has 0 fully saturated rings. The van der Waals surface area contributed by atoms with Crippen molar-refractivity contribution in [3.63, 3.8) is 0 Å². The summed E-state index contributed by atoms with van der Waals surface area (Å²) in [5.74, 6) is -1.90. The maximum absolute atomic E-state index is 13.6. The van der Waals surface area contributed by atoms with E-state index in [1.807, 2.05) is 0 Å². The van der Waals surface area contributed by atoms with E-state index in [4.69, 9.17) is 9.84 Å². The van der Waals surface area contributed by atoms with Gasteiger partial charge in [0.25, 0.3) is 0 Å². The van der Waals surface area contributed by atoms with Crippen molar-refractivity contribution in [2.75, 3.05) is 0 Å². The third kappa shape index (κ3) is 2.51. The molecule has 0 aliphatic carbocycles. The van der Waals surface area contributed by atoms with Crippen molar-refractivity contribution in [3.05, 3.63) is 58.3 Å². The highest BCUT2D eigenvalue weighted by Gasteiger charge is 2.17. The van der Waals surface area contributed by atoms with Gasteiger partial charge < -0.3 is 9.84 Å². The Morgan fingerprint density at radius 1 is 1.17 bits per heavy atom. The summed E-state index contributed by atoms with van der Waals surface area (Å²) in [4.78, 5) is 11.0. The van der Waals surface area contributed by atoms with Crippen LogP contribution in [0, 0.1) is 5.82 Å². The highest BCUT2D eigenvalue weighted by molar-refractivity contribution is 9.10. The zero-order valence-corrected chi connectivity index (χ0v) is 10.6. The second kappa shape index (κ2) is 5.18. The summed E-state index contributed by atoms with van der Waals surface area (Å²) in [6, 6.07) is 10.6. The van der Waals surface area contributed by atoms with Gasteiger partial charge in [0.15, 0.2) is 11.6 Å². The molecule has 2 aromatic carbocycles. The number of rotatable bonds is 3. The first-order valence-electron chi connectivity index (χ1n) is 5.04. The first kappa shape index (κ1) is 12.6. The summed E-state index contributed by atoms with van der Waals surface area (Å²) in [6.45, 7) is 0. The lowest BCUT2D eigenvalue weighted by Gasteiger charge is -2.10. The van der Waals surface area contributed by atoms with Crippen LogP contribution < -0.4 is 4.74 Å². The molecule has 0 saturated carbocycles. The minimum atomic E-state index is -1.24. The summed E-state index contributed by atoms with van der Waals surface area (Å²) < 4.78 is 19.6. The van der Waals surface area contributed by atoms with Crippen LogP contribution in [0.2, 0.25) is 0 Å². The third-order valence-corrected chi connectivity index (χ3v) is 2.90. The van der Waals surface area contributed by atoms with Crippen molar-refractivity contribution < 1.29 is 19.0 Å². The topological polar surface area (TPSA) is 46.5 Å². The SMILES string of the molecule is O=C(O)c1cccc(F)c1Oc1ccccc1Br. The van der Waals surface area contributed by atoms with Gasteiger partial charge in [-0.15, -0.1) is 0 Å². The van der Waals surface area contributed by atoms with Gasteiger partial charge in [0.05, 0.1) is 4.47 Å². The molecule has 0 bridgehead atoms. The lowest BCUT2D eigenvalue weighted by atomic mass is 10.2. The van der Waals surface area contributed by atoms with E-state index in [0.717, 1.165) is 6.07 Å². The number of benzene rings is 2. The first-order valence-corrected chi connectivity index (χ1v) is 5.83. The number of para-hydroxylation sites is 2. The second-order valence-corrected chi connectivity index (χ2v) is 4.31. The van der Waals surface area contributed by atoms with Gasteiger partial charge in [-0.2, -0.15) is 0 Å². The zero-order valence-electron chi connectivity index (χ0n) is 9.06. The van der Waals surface area contributed by atoms with E-state index in [-0.39, 0.29) is 11.3 Å². The molecule has 0 aliphatic rings. The average Bonchev–Trinajstić information content (AvgIpc) is 2.34. The van der Waals surface area contributed by atoms with Crippen LogP contribution >= 0.6 is 15.9 Å². The van der Waals surface area contributed by atoms with Crippen LogP contribution in [0.15, 0.2) is 46.9 Å². The zero-order chi connectivity index (χ0) is 13.1. The molecule has 0 spiro atoms. The molecule has 92 valence electrons. The summed E-state index contributed by atoms with van der Waals surface area (Å²) in [7, 11) is 0. The predicted molar refractivity (Wildman–Crippen MR) is 67.6 cm³/mol. The van der Waals surface area contributed by atoms with Crippen molar-refractivity contribution in [1.29, 1.82) is 0 Å². The highest BCUT2D eigenvalue weighted by atomic mass is 79.9. The Morgan fingerprint density at radius 3 is 2.56 bits per heavy atom. The number of aromatic carboxylic acids is 1. The second-order valence-electron chi connectivity index (χ2n) is 3.45. The van der Waals surface area contributed by atoms with E-state index in [1.165, 1.54) is 12.1 Å². The Bertz CT molecular complexity index is 599. The van der Waals surface area contributed by atoms with Crippen LogP contribution in [0.4, 0.5) is 4.39 Å². The fraction of sp³-hybridized carbons (Fsp3) is 0. The Morgan fingerprint density at radius 2 is 1.89 bits per heavy atom. The minimum Gasteiger partial charge on any atom is -0.478 e. The molecule has 1 N–H and O–H groups in total. The number of carboxylic acids is 1. The Balaban J connectivity index is 2.46. The van der Waals surface area contributed by atoms with Gasteiger partial charge in [-0.1, -0.05) is 18.2 Å². The Hall–Kier alpha value is -1.88. The summed E-state index contributed by atoms with van der Waals surface area (Å²) in [5, 5.41) is 8.98. The molecule has 0 radical (unpaired) electrons. The molecular formula is C13H8BrFO3. The van der Waals surface area contributed by atoms with Crippen molar-refractivity contribution in [2.24, 2.45) is 0 Å². The lowest BCUT2D eigenvalue weighted by molar-refractivity contribution is 0.0693. The smallest absolute Gasteiger partial charge is 0.339 e. The molecular weight excluding hydrogens is 303 g/mol. The average molecular weight is 311 g/mol. The quantitative estimate of drug-likeness (QED) is 0.929. The maximum atomic E-state index is 13.6. The van der Waals surface area contributed by atoms with Crippen LogP contribution in [0.25, 0.3) is 0 Å². The summed E-state index contributed by atoms with van der Waals surface area (Å²) >= 11 is 3.25. The van der Waals surface area contributed by atoms with E-state index in [1.54, 1.807) is 24.3 Å². The monoisotopic (exact) mass is 310 g/mol. The van der Waals surface area contributed by atoms with E-state index >= 15 is 0 Å². The molecule has 3 nitrogen and oxygen atoms in total. The number of hydrogen-bond acceptors (Lipinski definition) is 2. The van der Waals surface area contributed by atoms with E-state index in [9.17, 15) is 9.18 Å². The number of carboxylic acid groups (broad SMARTS) is 1. The van der Waals surface area contributed by atoms with Crippen LogP contribution in [0.3, 0.4) is 0 Å². The maximum Gasteiger partial charge on any atom is 0.339 e. The predicted octanol–water partition coefficient (Wildman–Crippen LogP) is 4.08. The lowest BCUT2D eigenvalue weighted by Crippen LogP contribution is -2.02. The molecule has 2 aromatic rings. The van der Waals surface area contributed by atoms with E-state index in [2.05, 4.69) is 15.9 Å². The number of carbonyl (C=O) groups is 1. The van der Waals surface area contributed by atoms with Crippen LogP contribution in [0.5, 0.6) is 11.5 Å². The van der Waals surface area contributed by atoms with Crippen molar-refractivity contribution in [3.8, 4) is 11.5 Å². The number of hydrogen-bond donors (Lipinski definition) is 1. The molecule has 2 rings (SSSR count). The number of ether oxygens (including phenoxy) is 1. The molecule has 0 unspecified atom stereocenters. The van der Waals surface area contributed by atoms with Crippen LogP contribution in [0.1, 0.15) is 10.4 Å². The largest absolute Gasteiger partial charge is 0.478 e. The minimum absolute atomic E-state index is 0.217. The normalized spacial score (nSPS) is 10.1. The van der Waals surface area contributed by atoms with Gasteiger partial charge in [-0.25, -0.2) is 9.18 Å². The fourth-order valence-corrected chi connectivity index (χ4v) is 1.78. The molecule has 0 atom stereocenters. The molecule has 0 amide bonds. The van der Waals surface area contributed by atoms with Crippen LogP contribution in [-0.4, -0.2) is 11.1 Å². The van der Waals surface area contributed by atoms with Gasteiger partial charge in [-0.3, -0.25) is 0 Å². The Kier molecular flexibility index (Phi) is 3.62. The van der Waals surface area contributed by atoms with Gasteiger partial charge >= 0.3 is 5.97 Å². The van der Waals surface area contributed by atoms with Crippen molar-refractivity contribution in [1.82, 2.24) is 0 Å². The highest BCUT2D eigenvalue weighted by Crippen LogP contribution is 2.32. The van der Waals surface area contributed by atoms with Gasteiger partial charge in [0.1, 0.15) is 11.3 Å². The van der Waals surface area contributed by atoms with E-state index < -0.39 is 11.8 Å².